The molecule has 0 aliphatic rings. The summed E-state index contributed by atoms with van der Waals surface area (Å²) in [6.07, 6.45) is 0. The Bertz CT molecular complexity index is 339. The quantitative estimate of drug-likeness (QED) is 0.589. The van der Waals surface area contributed by atoms with E-state index in [0.717, 1.165) is 13.1 Å². The molecule has 92 valence electrons. The second kappa shape index (κ2) is 6.75. The first-order chi connectivity index (χ1) is 7.51. The molecule has 1 amide bonds. The van der Waals surface area contributed by atoms with Crippen molar-refractivity contribution >= 4 is 59.4 Å². The van der Waals surface area contributed by atoms with E-state index in [1.165, 1.54) is 2.93 Å². The summed E-state index contributed by atoms with van der Waals surface area (Å²) >= 11 is 6.76. The van der Waals surface area contributed by atoms with Crippen molar-refractivity contribution in [2.75, 3.05) is 13.1 Å². The van der Waals surface area contributed by atoms with Crippen molar-refractivity contribution in [3.05, 3.63) is 17.5 Å². The Morgan fingerprint density at radius 1 is 1.44 bits per heavy atom. The van der Waals surface area contributed by atoms with E-state index in [0.29, 0.717) is 4.47 Å². The summed E-state index contributed by atoms with van der Waals surface area (Å²) in [6.45, 7) is 5.62. The molecule has 0 spiro atoms. The summed E-state index contributed by atoms with van der Waals surface area (Å²) in [5, 5.41) is 2.06. The molecule has 0 saturated heterocycles. The Balaban J connectivity index is 2.69. The number of carbonyl (C=O) groups is 1. The first-order valence-corrected chi connectivity index (χ1v) is 19.2. The van der Waals surface area contributed by atoms with E-state index < -0.39 is 13.8 Å². The van der Waals surface area contributed by atoms with Gasteiger partial charge in [0, 0.05) is 0 Å². The first-order valence-electron chi connectivity index (χ1n) is 5.02. The van der Waals surface area contributed by atoms with Crippen LogP contribution in [-0.2, 0) is 4.79 Å². The third-order valence-corrected chi connectivity index (χ3v) is 20.0. The van der Waals surface area contributed by atoms with Crippen molar-refractivity contribution < 1.29 is 4.79 Å². The molecule has 0 bridgehead atoms. The molecule has 1 heterocycles. The van der Waals surface area contributed by atoms with E-state index in [2.05, 4.69) is 37.0 Å². The maximum atomic E-state index is 12.0. The number of rotatable bonds is 5. The van der Waals surface area contributed by atoms with Gasteiger partial charge in [0.05, 0.1) is 0 Å². The van der Waals surface area contributed by atoms with Crippen LogP contribution in [0.25, 0.3) is 0 Å². The minimum absolute atomic E-state index is 0.244. The van der Waals surface area contributed by atoms with Gasteiger partial charge in [-0.15, -0.1) is 0 Å². The fourth-order valence-corrected chi connectivity index (χ4v) is 13.7. The number of thiophene rings is 1. The molecule has 1 rings (SSSR count). The van der Waals surface area contributed by atoms with Crippen LogP contribution in [0.4, 0.5) is 0 Å². The molecular weight excluding hydrogens is 470 g/mol. The van der Waals surface area contributed by atoms with Crippen LogP contribution >= 0.6 is 36.8 Å². The molecular formula is C10H15Br2NOSTe. The van der Waals surface area contributed by atoms with Gasteiger partial charge in [0.2, 0.25) is 0 Å². The summed E-state index contributed by atoms with van der Waals surface area (Å²) in [5.41, 5.74) is 0. The molecule has 0 radical (unpaired) electrons. The Hall–Kier alpha value is 0.920. The molecule has 0 N–H and O–H groups in total. The van der Waals surface area contributed by atoms with Gasteiger partial charge in [0.15, 0.2) is 0 Å². The van der Waals surface area contributed by atoms with Crippen LogP contribution in [0.15, 0.2) is 17.5 Å². The fourth-order valence-electron chi connectivity index (χ4n) is 1.33. The van der Waals surface area contributed by atoms with Crippen molar-refractivity contribution in [1.82, 2.24) is 4.90 Å². The van der Waals surface area contributed by atoms with E-state index in [9.17, 15) is 4.79 Å². The number of hydrogen-bond acceptors (Lipinski definition) is 2. The Morgan fingerprint density at radius 3 is 2.50 bits per heavy atom. The zero-order valence-electron chi connectivity index (χ0n) is 9.28. The number of amides is 1. The van der Waals surface area contributed by atoms with Crippen molar-refractivity contribution in [1.29, 1.82) is 0 Å². The second-order valence-corrected chi connectivity index (χ2v) is 31.0. The van der Waals surface area contributed by atoms with Crippen molar-refractivity contribution in [2.45, 2.75) is 18.3 Å². The van der Waals surface area contributed by atoms with Gasteiger partial charge in [0.1, 0.15) is 0 Å². The van der Waals surface area contributed by atoms with Gasteiger partial charge >= 0.3 is 118 Å². The van der Waals surface area contributed by atoms with E-state index in [1.54, 1.807) is 11.3 Å². The number of carbonyl (C=O) groups excluding carboxylic acids is 1. The number of halogens is 2. The molecule has 0 aliphatic carbocycles. The molecule has 0 aromatic carbocycles. The summed E-state index contributed by atoms with van der Waals surface area (Å²) in [6, 6.07) is 4.13. The molecule has 1 aromatic rings. The molecule has 1 aromatic heterocycles. The molecule has 6 heteroatoms. The monoisotopic (exact) mass is 485 g/mol. The van der Waals surface area contributed by atoms with E-state index in [-0.39, 0.29) is 5.91 Å². The fraction of sp³-hybridized carbons (Fsp3) is 0.500. The predicted molar refractivity (Wildman–Crippen MR) is 80.3 cm³/mol. The van der Waals surface area contributed by atoms with Crippen LogP contribution in [0.3, 0.4) is 0 Å². The van der Waals surface area contributed by atoms with Gasteiger partial charge in [-0.25, -0.2) is 0 Å². The van der Waals surface area contributed by atoms with Gasteiger partial charge < -0.3 is 0 Å². The minimum atomic E-state index is -2.49. The van der Waals surface area contributed by atoms with E-state index in [1.807, 2.05) is 24.8 Å². The van der Waals surface area contributed by atoms with E-state index >= 15 is 0 Å². The van der Waals surface area contributed by atoms with Crippen LogP contribution in [0, 0.1) is 0 Å². The average molecular weight is 485 g/mol. The van der Waals surface area contributed by atoms with Gasteiger partial charge in [-0.05, 0) is 0 Å². The Labute approximate surface area is 117 Å². The van der Waals surface area contributed by atoms with Crippen LogP contribution in [-0.4, -0.2) is 37.7 Å². The van der Waals surface area contributed by atoms with Crippen molar-refractivity contribution in [3.63, 3.8) is 0 Å². The Kier molecular flexibility index (Phi) is 6.32. The predicted octanol–water partition coefficient (Wildman–Crippen LogP) is 3.06. The average Bonchev–Trinajstić information content (AvgIpc) is 2.71. The normalized spacial score (nSPS) is 12.5. The van der Waals surface area contributed by atoms with E-state index in [4.69, 9.17) is 0 Å². The molecule has 0 aliphatic heterocycles. The topological polar surface area (TPSA) is 20.3 Å². The van der Waals surface area contributed by atoms with Crippen LogP contribution in [0.1, 0.15) is 13.8 Å². The van der Waals surface area contributed by atoms with Crippen LogP contribution in [0.2, 0.25) is 4.47 Å². The third kappa shape index (κ3) is 3.99. The van der Waals surface area contributed by atoms with Crippen molar-refractivity contribution in [2.24, 2.45) is 0 Å². The zero-order chi connectivity index (χ0) is 12.2. The van der Waals surface area contributed by atoms with Gasteiger partial charge in [-0.3, -0.25) is 0 Å². The summed E-state index contributed by atoms with van der Waals surface area (Å²) in [7, 11) is 0. The number of nitrogens with zero attached hydrogens (tertiary/aromatic N) is 1. The standard InChI is InChI=1S/C10H15Br2NOSTe/c1-3-13(4-2)9(14)8-16(11,12)10-6-5-7-15-10/h5-7H,3-4,8H2,1-2H3. The molecule has 0 unspecified atom stereocenters. The number of hydrogen-bond donors (Lipinski definition) is 0. The maximum absolute atomic E-state index is 12.0. The van der Waals surface area contributed by atoms with Gasteiger partial charge in [-0.1, -0.05) is 0 Å². The molecule has 2 nitrogen and oxygen atoms in total. The molecule has 0 atom stereocenters. The third-order valence-electron chi connectivity index (χ3n) is 2.21. The van der Waals surface area contributed by atoms with Crippen LogP contribution in [0.5, 0.6) is 0 Å². The zero-order valence-corrected chi connectivity index (χ0v) is 15.6. The first kappa shape index (κ1) is 15.0. The Morgan fingerprint density at radius 2 is 2.06 bits per heavy atom. The molecule has 16 heavy (non-hydrogen) atoms. The summed E-state index contributed by atoms with van der Waals surface area (Å²) in [5.74, 6) is 0.244. The van der Waals surface area contributed by atoms with Gasteiger partial charge in [0.25, 0.3) is 0 Å². The summed E-state index contributed by atoms with van der Waals surface area (Å²) < 4.78 is 1.92. The second-order valence-electron chi connectivity index (χ2n) is 3.22. The molecule has 0 saturated carbocycles. The van der Waals surface area contributed by atoms with Crippen molar-refractivity contribution in [3.8, 4) is 0 Å². The molecule has 0 fully saturated rings. The SMILES string of the molecule is CCN(CC)C(=O)C[Te](Br)(Br)c1cccs1. The summed E-state index contributed by atoms with van der Waals surface area (Å²) in [4.78, 5) is 13.9. The van der Waals surface area contributed by atoms with Gasteiger partial charge in [-0.2, -0.15) is 0 Å². The van der Waals surface area contributed by atoms with Crippen LogP contribution < -0.4 is 2.93 Å².